The Hall–Kier alpha value is -2.29. The van der Waals surface area contributed by atoms with Crippen molar-refractivity contribution in [1.29, 1.82) is 0 Å². The molecular formula is C16H17N3. The summed E-state index contributed by atoms with van der Waals surface area (Å²) in [5.41, 5.74) is 12.4. The van der Waals surface area contributed by atoms with Gasteiger partial charge in [0.1, 0.15) is 5.82 Å². The number of para-hydroxylation sites is 1. The number of nitrogens with zero attached hydrogens (tertiary/aromatic N) is 2. The van der Waals surface area contributed by atoms with Crippen LogP contribution in [0.15, 0.2) is 36.4 Å². The Balaban J connectivity index is 2.35. The van der Waals surface area contributed by atoms with Gasteiger partial charge in [0, 0.05) is 18.3 Å². The first-order valence-corrected chi connectivity index (χ1v) is 6.37. The number of benzene rings is 2. The van der Waals surface area contributed by atoms with E-state index in [1.165, 1.54) is 11.1 Å². The molecule has 0 amide bonds. The number of anilines is 1. The lowest BCUT2D eigenvalue weighted by Crippen LogP contribution is -1.98. The van der Waals surface area contributed by atoms with Gasteiger partial charge in [0.2, 0.25) is 0 Å². The van der Waals surface area contributed by atoms with Crippen molar-refractivity contribution < 1.29 is 0 Å². The summed E-state index contributed by atoms with van der Waals surface area (Å²) in [6.07, 6.45) is 0. The number of nitrogens with two attached hydrogens (primary N) is 1. The lowest BCUT2D eigenvalue weighted by molar-refractivity contribution is 0.953. The van der Waals surface area contributed by atoms with Crippen LogP contribution in [0.5, 0.6) is 0 Å². The molecule has 3 aromatic rings. The predicted molar refractivity (Wildman–Crippen MR) is 80.0 cm³/mol. The number of hydrogen-bond acceptors (Lipinski definition) is 2. The second kappa shape index (κ2) is 4.12. The zero-order valence-corrected chi connectivity index (χ0v) is 11.4. The van der Waals surface area contributed by atoms with Gasteiger partial charge >= 0.3 is 0 Å². The molecular weight excluding hydrogens is 234 g/mol. The van der Waals surface area contributed by atoms with E-state index < -0.39 is 0 Å². The molecule has 0 aliphatic rings. The fraction of sp³-hybridized carbons (Fsp3) is 0.188. The second-order valence-electron chi connectivity index (χ2n) is 4.96. The van der Waals surface area contributed by atoms with E-state index in [2.05, 4.69) is 30.7 Å². The number of imidazole rings is 1. The molecule has 0 aliphatic heterocycles. The number of aromatic nitrogens is 2. The average molecular weight is 251 g/mol. The van der Waals surface area contributed by atoms with Crippen molar-refractivity contribution in [3.8, 4) is 11.4 Å². The van der Waals surface area contributed by atoms with E-state index in [9.17, 15) is 0 Å². The minimum Gasteiger partial charge on any atom is -0.398 e. The van der Waals surface area contributed by atoms with E-state index in [0.29, 0.717) is 0 Å². The molecule has 19 heavy (non-hydrogen) atoms. The molecule has 0 aliphatic carbocycles. The third-order valence-corrected chi connectivity index (χ3v) is 3.71. The highest BCUT2D eigenvalue weighted by molar-refractivity contribution is 5.84. The maximum absolute atomic E-state index is 6.00. The fourth-order valence-electron chi connectivity index (χ4n) is 2.60. The summed E-state index contributed by atoms with van der Waals surface area (Å²) in [4.78, 5) is 4.75. The molecule has 0 atom stereocenters. The second-order valence-corrected chi connectivity index (χ2v) is 4.96. The number of aryl methyl sites for hydroxylation is 2. The van der Waals surface area contributed by atoms with Gasteiger partial charge in [-0.15, -0.1) is 0 Å². The first-order valence-electron chi connectivity index (χ1n) is 6.37. The van der Waals surface area contributed by atoms with E-state index in [1.54, 1.807) is 0 Å². The van der Waals surface area contributed by atoms with Crippen LogP contribution in [-0.4, -0.2) is 9.55 Å². The van der Waals surface area contributed by atoms with Crippen LogP contribution in [0.25, 0.3) is 22.4 Å². The lowest BCUT2D eigenvalue weighted by atomic mass is 10.1. The molecule has 0 bridgehead atoms. The fourth-order valence-corrected chi connectivity index (χ4v) is 2.60. The van der Waals surface area contributed by atoms with Crippen LogP contribution in [0, 0.1) is 13.8 Å². The van der Waals surface area contributed by atoms with Gasteiger partial charge in [-0.1, -0.05) is 24.3 Å². The van der Waals surface area contributed by atoms with Crippen LogP contribution >= 0.6 is 0 Å². The number of hydrogen-bond donors (Lipinski definition) is 1. The van der Waals surface area contributed by atoms with Gasteiger partial charge in [-0.25, -0.2) is 4.98 Å². The third-order valence-electron chi connectivity index (χ3n) is 3.71. The van der Waals surface area contributed by atoms with Crippen molar-refractivity contribution in [2.24, 2.45) is 7.05 Å². The maximum atomic E-state index is 6.00. The van der Waals surface area contributed by atoms with Gasteiger partial charge in [-0.2, -0.15) is 0 Å². The van der Waals surface area contributed by atoms with E-state index in [1.807, 2.05) is 31.2 Å². The number of rotatable bonds is 1. The number of fused-ring (bicyclic) bond motifs is 1. The first kappa shape index (κ1) is 11.8. The van der Waals surface area contributed by atoms with Gasteiger partial charge in [0.15, 0.2) is 0 Å². The molecule has 0 fully saturated rings. The molecule has 2 N–H and O–H groups in total. The zero-order valence-electron chi connectivity index (χ0n) is 11.4. The summed E-state index contributed by atoms with van der Waals surface area (Å²) < 4.78 is 2.15. The summed E-state index contributed by atoms with van der Waals surface area (Å²) >= 11 is 0. The molecule has 0 unspecified atom stereocenters. The van der Waals surface area contributed by atoms with Crippen molar-refractivity contribution in [3.05, 3.63) is 47.5 Å². The summed E-state index contributed by atoms with van der Waals surface area (Å²) in [5, 5.41) is 0. The summed E-state index contributed by atoms with van der Waals surface area (Å²) in [5.74, 6) is 0.967. The van der Waals surface area contributed by atoms with Gasteiger partial charge in [-0.05, 0) is 37.1 Å². The van der Waals surface area contributed by atoms with Crippen molar-refractivity contribution >= 4 is 16.7 Å². The highest BCUT2D eigenvalue weighted by Crippen LogP contribution is 2.29. The molecule has 1 heterocycles. The normalized spacial score (nSPS) is 11.1. The molecule has 1 aromatic heterocycles. The van der Waals surface area contributed by atoms with E-state index in [0.717, 1.165) is 28.2 Å². The smallest absolute Gasteiger partial charge is 0.141 e. The minimum atomic E-state index is 0.807. The molecule has 3 nitrogen and oxygen atoms in total. The van der Waals surface area contributed by atoms with Crippen LogP contribution in [0.4, 0.5) is 5.69 Å². The largest absolute Gasteiger partial charge is 0.398 e. The Labute approximate surface area is 112 Å². The quantitative estimate of drug-likeness (QED) is 0.673. The molecule has 3 rings (SSSR count). The summed E-state index contributed by atoms with van der Waals surface area (Å²) in [6, 6.07) is 12.2. The van der Waals surface area contributed by atoms with Crippen molar-refractivity contribution in [1.82, 2.24) is 9.55 Å². The van der Waals surface area contributed by atoms with E-state index in [4.69, 9.17) is 10.7 Å². The topological polar surface area (TPSA) is 43.8 Å². The van der Waals surface area contributed by atoms with Crippen LogP contribution in [0.1, 0.15) is 11.1 Å². The molecule has 3 heteroatoms. The van der Waals surface area contributed by atoms with Crippen molar-refractivity contribution in [3.63, 3.8) is 0 Å². The number of nitrogen functional groups attached to an aromatic ring is 1. The van der Waals surface area contributed by atoms with Gasteiger partial charge < -0.3 is 10.3 Å². The third kappa shape index (κ3) is 1.70. The minimum absolute atomic E-state index is 0.807. The van der Waals surface area contributed by atoms with Crippen LogP contribution in [0.2, 0.25) is 0 Å². The van der Waals surface area contributed by atoms with E-state index in [-0.39, 0.29) is 0 Å². The molecule has 2 aromatic carbocycles. The average Bonchev–Trinajstić information content (AvgIpc) is 2.72. The standard InChI is InChI=1S/C16H17N3/c1-10-6-4-9-14-15(10)19(3)16(18-14)12-7-5-8-13(17)11(12)2/h4-9H,17H2,1-3H3. The van der Waals surface area contributed by atoms with Crippen LogP contribution in [-0.2, 0) is 7.05 Å². The Morgan fingerprint density at radius 1 is 1.05 bits per heavy atom. The van der Waals surface area contributed by atoms with Gasteiger partial charge in [0.25, 0.3) is 0 Å². The Kier molecular flexibility index (Phi) is 2.56. The molecule has 0 saturated heterocycles. The first-order chi connectivity index (χ1) is 9.09. The predicted octanol–water partition coefficient (Wildman–Crippen LogP) is 3.44. The molecule has 0 spiro atoms. The van der Waals surface area contributed by atoms with E-state index >= 15 is 0 Å². The van der Waals surface area contributed by atoms with Gasteiger partial charge in [-0.3, -0.25) is 0 Å². The summed E-state index contributed by atoms with van der Waals surface area (Å²) in [7, 11) is 2.06. The highest BCUT2D eigenvalue weighted by Gasteiger charge is 2.13. The molecule has 96 valence electrons. The van der Waals surface area contributed by atoms with Crippen LogP contribution < -0.4 is 5.73 Å². The van der Waals surface area contributed by atoms with Crippen molar-refractivity contribution in [2.45, 2.75) is 13.8 Å². The lowest BCUT2D eigenvalue weighted by Gasteiger charge is -2.08. The Morgan fingerprint density at radius 2 is 1.79 bits per heavy atom. The molecule has 0 radical (unpaired) electrons. The monoisotopic (exact) mass is 251 g/mol. The summed E-state index contributed by atoms with van der Waals surface area (Å²) in [6.45, 7) is 4.15. The van der Waals surface area contributed by atoms with Crippen LogP contribution in [0.3, 0.4) is 0 Å². The Morgan fingerprint density at radius 3 is 2.53 bits per heavy atom. The Bertz CT molecular complexity index is 769. The van der Waals surface area contributed by atoms with Crippen molar-refractivity contribution in [2.75, 3.05) is 5.73 Å². The SMILES string of the molecule is Cc1c(N)cccc1-c1nc2cccc(C)c2n1C. The maximum Gasteiger partial charge on any atom is 0.141 e. The van der Waals surface area contributed by atoms with Gasteiger partial charge in [0.05, 0.1) is 11.0 Å². The zero-order chi connectivity index (χ0) is 13.6. The highest BCUT2D eigenvalue weighted by atomic mass is 15.1. The molecule has 0 saturated carbocycles.